The van der Waals surface area contributed by atoms with Gasteiger partial charge in [0.25, 0.3) is 5.91 Å². The normalized spacial score (nSPS) is 22.1. The molecular weight excluding hydrogens is 302 g/mol. The summed E-state index contributed by atoms with van der Waals surface area (Å²) in [6, 6.07) is 9.81. The van der Waals surface area contributed by atoms with Crippen molar-refractivity contribution < 1.29 is 9.21 Å². The van der Waals surface area contributed by atoms with Crippen LogP contribution in [0.1, 0.15) is 60.6 Å². The van der Waals surface area contributed by atoms with Crippen molar-refractivity contribution >= 4 is 5.91 Å². The molecule has 0 aliphatic heterocycles. The Kier molecular flexibility index (Phi) is 5.30. The van der Waals surface area contributed by atoms with Gasteiger partial charge >= 0.3 is 0 Å². The molecule has 1 aliphatic carbocycles. The number of nitrogens with zero attached hydrogens (tertiary/aromatic N) is 1. The molecule has 1 fully saturated rings. The van der Waals surface area contributed by atoms with Gasteiger partial charge in [0.15, 0.2) is 5.69 Å². The fourth-order valence-corrected chi connectivity index (χ4v) is 3.29. The minimum Gasteiger partial charge on any atom is -0.446 e. The second-order valence-corrected chi connectivity index (χ2v) is 6.71. The Morgan fingerprint density at radius 2 is 2.08 bits per heavy atom. The summed E-state index contributed by atoms with van der Waals surface area (Å²) in [5.41, 5.74) is 7.59. The van der Waals surface area contributed by atoms with Crippen molar-refractivity contribution in [3.63, 3.8) is 0 Å². The maximum absolute atomic E-state index is 12.4. The lowest BCUT2D eigenvalue weighted by atomic mass is 9.86. The number of carbonyl (C=O) groups is 1. The number of oxazole rings is 1. The number of nitrogens with one attached hydrogen (secondary N) is 1. The molecule has 5 heteroatoms. The van der Waals surface area contributed by atoms with Crippen molar-refractivity contribution in [3.05, 3.63) is 53.7 Å². The van der Waals surface area contributed by atoms with Gasteiger partial charge in [-0.15, -0.1) is 0 Å². The van der Waals surface area contributed by atoms with Gasteiger partial charge in [-0.2, -0.15) is 0 Å². The topological polar surface area (TPSA) is 81.2 Å². The SMILES string of the molecule is CC1CCCCC1NC(=O)c1coc(C(N)Cc2ccccc2)n1. The van der Waals surface area contributed by atoms with E-state index in [0.29, 0.717) is 23.9 Å². The monoisotopic (exact) mass is 327 g/mol. The highest BCUT2D eigenvalue weighted by molar-refractivity contribution is 5.92. The lowest BCUT2D eigenvalue weighted by Gasteiger charge is -2.29. The van der Waals surface area contributed by atoms with Crippen molar-refractivity contribution in [3.8, 4) is 0 Å². The van der Waals surface area contributed by atoms with Gasteiger partial charge in [-0.05, 0) is 30.7 Å². The Balaban J connectivity index is 1.61. The summed E-state index contributed by atoms with van der Waals surface area (Å²) < 4.78 is 5.44. The van der Waals surface area contributed by atoms with Crippen LogP contribution in [0, 0.1) is 5.92 Å². The standard InChI is InChI=1S/C19H25N3O2/c1-13-7-5-6-10-16(13)21-18(23)17-12-24-19(22-17)15(20)11-14-8-3-2-4-9-14/h2-4,8-9,12-13,15-16H,5-7,10-11,20H2,1H3,(H,21,23). The minimum absolute atomic E-state index is 0.171. The summed E-state index contributed by atoms with van der Waals surface area (Å²) in [5.74, 6) is 0.741. The molecule has 1 heterocycles. The number of hydrogen-bond donors (Lipinski definition) is 2. The molecule has 1 aromatic carbocycles. The van der Waals surface area contributed by atoms with Crippen LogP contribution in [0.3, 0.4) is 0 Å². The number of nitrogens with two attached hydrogens (primary N) is 1. The molecule has 3 rings (SSSR count). The highest BCUT2D eigenvalue weighted by Crippen LogP contribution is 2.24. The van der Waals surface area contributed by atoms with Crippen LogP contribution in [0.5, 0.6) is 0 Å². The molecule has 0 saturated heterocycles. The summed E-state index contributed by atoms with van der Waals surface area (Å²) in [6.45, 7) is 2.19. The van der Waals surface area contributed by atoms with Crippen molar-refractivity contribution in [2.45, 2.75) is 51.1 Å². The van der Waals surface area contributed by atoms with Crippen molar-refractivity contribution in [1.82, 2.24) is 10.3 Å². The quantitative estimate of drug-likeness (QED) is 0.883. The fourth-order valence-electron chi connectivity index (χ4n) is 3.29. The lowest BCUT2D eigenvalue weighted by Crippen LogP contribution is -2.41. The highest BCUT2D eigenvalue weighted by Gasteiger charge is 2.25. The van der Waals surface area contributed by atoms with Crippen molar-refractivity contribution in [2.75, 3.05) is 0 Å². The number of benzene rings is 1. The largest absolute Gasteiger partial charge is 0.446 e. The molecule has 1 aliphatic rings. The second-order valence-electron chi connectivity index (χ2n) is 6.71. The Bertz CT molecular complexity index is 668. The summed E-state index contributed by atoms with van der Waals surface area (Å²) in [7, 11) is 0. The number of carbonyl (C=O) groups excluding carboxylic acids is 1. The highest BCUT2D eigenvalue weighted by atomic mass is 16.3. The second kappa shape index (κ2) is 7.62. The zero-order chi connectivity index (χ0) is 16.9. The molecule has 1 amide bonds. The van der Waals surface area contributed by atoms with Gasteiger partial charge in [0.05, 0.1) is 6.04 Å². The maximum Gasteiger partial charge on any atom is 0.273 e. The minimum atomic E-state index is -0.359. The molecule has 3 unspecified atom stereocenters. The first-order chi connectivity index (χ1) is 11.6. The van der Waals surface area contributed by atoms with E-state index in [1.165, 1.54) is 19.1 Å². The molecule has 5 nitrogen and oxygen atoms in total. The van der Waals surface area contributed by atoms with E-state index < -0.39 is 0 Å². The van der Waals surface area contributed by atoms with Crippen LogP contribution in [0.2, 0.25) is 0 Å². The van der Waals surface area contributed by atoms with Gasteiger partial charge in [0.2, 0.25) is 5.89 Å². The molecule has 0 bridgehead atoms. The lowest BCUT2D eigenvalue weighted by molar-refractivity contribution is 0.0905. The first-order valence-corrected chi connectivity index (χ1v) is 8.69. The molecule has 0 radical (unpaired) electrons. The van der Waals surface area contributed by atoms with Crippen LogP contribution in [-0.4, -0.2) is 16.9 Å². The van der Waals surface area contributed by atoms with E-state index in [0.717, 1.165) is 18.4 Å². The zero-order valence-corrected chi connectivity index (χ0v) is 14.1. The molecule has 24 heavy (non-hydrogen) atoms. The maximum atomic E-state index is 12.4. The predicted molar refractivity (Wildman–Crippen MR) is 92.5 cm³/mol. The van der Waals surface area contributed by atoms with Crippen LogP contribution in [0.25, 0.3) is 0 Å². The molecule has 0 spiro atoms. The number of amides is 1. The van der Waals surface area contributed by atoms with Crippen LogP contribution >= 0.6 is 0 Å². The Hall–Kier alpha value is -2.14. The number of aromatic nitrogens is 1. The molecule has 2 aromatic rings. The van der Waals surface area contributed by atoms with Crippen molar-refractivity contribution in [1.29, 1.82) is 0 Å². The van der Waals surface area contributed by atoms with Crippen LogP contribution in [0.15, 0.2) is 41.0 Å². The van der Waals surface area contributed by atoms with E-state index in [9.17, 15) is 4.79 Å². The summed E-state index contributed by atoms with van der Waals surface area (Å²) in [6.07, 6.45) is 6.64. The third-order valence-corrected chi connectivity index (χ3v) is 4.80. The van der Waals surface area contributed by atoms with Crippen LogP contribution in [0.4, 0.5) is 0 Å². The van der Waals surface area contributed by atoms with Gasteiger partial charge < -0.3 is 15.5 Å². The molecule has 1 aromatic heterocycles. The van der Waals surface area contributed by atoms with Gasteiger partial charge in [0, 0.05) is 6.04 Å². The van der Waals surface area contributed by atoms with E-state index in [1.807, 2.05) is 30.3 Å². The van der Waals surface area contributed by atoms with E-state index in [1.54, 1.807) is 0 Å². The Morgan fingerprint density at radius 3 is 2.83 bits per heavy atom. The van der Waals surface area contributed by atoms with Crippen molar-refractivity contribution in [2.24, 2.45) is 11.7 Å². The fraction of sp³-hybridized carbons (Fsp3) is 0.474. The van der Waals surface area contributed by atoms with Gasteiger partial charge in [-0.25, -0.2) is 4.98 Å². The molecule has 1 saturated carbocycles. The first-order valence-electron chi connectivity index (χ1n) is 8.69. The van der Waals surface area contributed by atoms with Gasteiger partial charge in [-0.1, -0.05) is 50.1 Å². The predicted octanol–water partition coefficient (Wildman–Crippen LogP) is 3.23. The zero-order valence-electron chi connectivity index (χ0n) is 14.1. The molecule has 128 valence electrons. The molecule has 3 atom stereocenters. The Morgan fingerprint density at radius 1 is 1.33 bits per heavy atom. The van der Waals surface area contributed by atoms with Crippen LogP contribution in [-0.2, 0) is 6.42 Å². The van der Waals surface area contributed by atoms with E-state index >= 15 is 0 Å². The molecule has 3 N–H and O–H groups in total. The van der Waals surface area contributed by atoms with E-state index in [2.05, 4.69) is 17.2 Å². The average Bonchev–Trinajstić information content (AvgIpc) is 3.08. The van der Waals surface area contributed by atoms with Gasteiger partial charge in [-0.3, -0.25) is 4.79 Å². The van der Waals surface area contributed by atoms with E-state index in [4.69, 9.17) is 10.2 Å². The first kappa shape index (κ1) is 16.7. The van der Waals surface area contributed by atoms with E-state index in [-0.39, 0.29) is 18.0 Å². The third kappa shape index (κ3) is 4.03. The number of rotatable bonds is 5. The smallest absolute Gasteiger partial charge is 0.273 e. The summed E-state index contributed by atoms with van der Waals surface area (Å²) >= 11 is 0. The number of hydrogen-bond acceptors (Lipinski definition) is 4. The molecular formula is C19H25N3O2. The van der Waals surface area contributed by atoms with Gasteiger partial charge in [0.1, 0.15) is 6.26 Å². The van der Waals surface area contributed by atoms with Crippen LogP contribution < -0.4 is 11.1 Å². The Labute approximate surface area is 142 Å². The third-order valence-electron chi connectivity index (χ3n) is 4.80. The summed E-state index contributed by atoms with van der Waals surface area (Å²) in [4.78, 5) is 16.7. The summed E-state index contributed by atoms with van der Waals surface area (Å²) in [5, 5.41) is 3.08. The average molecular weight is 327 g/mol.